The first kappa shape index (κ1) is 14.1. The summed E-state index contributed by atoms with van der Waals surface area (Å²) in [6.07, 6.45) is 6.65. The number of allylic oxidation sites excluding steroid dienone is 1. The van der Waals surface area contributed by atoms with Crippen molar-refractivity contribution in [3.05, 3.63) is 11.8 Å². The quantitative estimate of drug-likeness (QED) is 0.790. The van der Waals surface area contributed by atoms with Crippen molar-refractivity contribution >= 4 is 11.7 Å². The van der Waals surface area contributed by atoms with Crippen molar-refractivity contribution in [3.8, 4) is 0 Å². The maximum absolute atomic E-state index is 12.5. The fourth-order valence-corrected chi connectivity index (χ4v) is 3.30. The summed E-state index contributed by atoms with van der Waals surface area (Å²) in [6, 6.07) is 0.432. The lowest BCUT2D eigenvalue weighted by Crippen LogP contribution is -2.44. The molecule has 106 valence electrons. The minimum absolute atomic E-state index is 0.103. The minimum atomic E-state index is -0.436. The van der Waals surface area contributed by atoms with Gasteiger partial charge in [0, 0.05) is 19.6 Å². The number of amidine groups is 1. The van der Waals surface area contributed by atoms with E-state index < -0.39 is 5.41 Å². The molecule has 4 nitrogen and oxygen atoms in total. The summed E-state index contributed by atoms with van der Waals surface area (Å²) in [4.78, 5) is 16.3. The Balaban J connectivity index is 2.38. The molecule has 0 unspecified atom stereocenters. The molecule has 1 heterocycles. The van der Waals surface area contributed by atoms with Gasteiger partial charge in [-0.3, -0.25) is 10.2 Å². The monoisotopic (exact) mass is 263 g/mol. The van der Waals surface area contributed by atoms with Gasteiger partial charge in [0.05, 0.1) is 11.1 Å². The topological polar surface area (TPSA) is 47.4 Å². The average molecular weight is 263 g/mol. The highest BCUT2D eigenvalue weighted by atomic mass is 16.2. The number of carbonyl (C=O) groups excluding carboxylic acids is 1. The van der Waals surface area contributed by atoms with Gasteiger partial charge in [0.25, 0.3) is 0 Å². The van der Waals surface area contributed by atoms with Gasteiger partial charge in [-0.25, -0.2) is 0 Å². The van der Waals surface area contributed by atoms with E-state index in [-0.39, 0.29) is 5.91 Å². The van der Waals surface area contributed by atoms with Crippen LogP contribution >= 0.6 is 0 Å². The minimum Gasteiger partial charge on any atom is -0.351 e. The van der Waals surface area contributed by atoms with Gasteiger partial charge in [-0.2, -0.15) is 0 Å². The molecule has 1 saturated carbocycles. The molecular formula is C15H25N3O. The SMILES string of the molecule is C/C=C1\C(=N)N(C2CCCC2)CC(C)(C)C(=O)N1C. The molecule has 0 aromatic heterocycles. The highest BCUT2D eigenvalue weighted by Gasteiger charge is 2.41. The van der Waals surface area contributed by atoms with Crippen LogP contribution in [0, 0.1) is 10.8 Å². The summed E-state index contributed by atoms with van der Waals surface area (Å²) in [7, 11) is 1.78. The van der Waals surface area contributed by atoms with Gasteiger partial charge in [-0.05, 0) is 33.6 Å². The van der Waals surface area contributed by atoms with Crippen molar-refractivity contribution in [2.24, 2.45) is 5.41 Å². The summed E-state index contributed by atoms with van der Waals surface area (Å²) in [5.74, 6) is 0.613. The Labute approximate surface area is 116 Å². The molecule has 0 aromatic carbocycles. The number of hydrogen-bond donors (Lipinski definition) is 1. The maximum atomic E-state index is 12.5. The van der Waals surface area contributed by atoms with E-state index in [0.29, 0.717) is 18.4 Å². The van der Waals surface area contributed by atoms with Crippen LogP contribution in [-0.2, 0) is 4.79 Å². The lowest BCUT2D eigenvalue weighted by molar-refractivity contribution is -0.136. The van der Waals surface area contributed by atoms with Gasteiger partial charge in [0.15, 0.2) is 0 Å². The Kier molecular flexibility index (Phi) is 3.70. The Bertz CT molecular complexity index is 419. The fourth-order valence-electron chi connectivity index (χ4n) is 3.30. The molecule has 19 heavy (non-hydrogen) atoms. The van der Waals surface area contributed by atoms with E-state index in [1.165, 1.54) is 12.8 Å². The van der Waals surface area contributed by atoms with Crippen molar-refractivity contribution in [2.75, 3.05) is 13.6 Å². The molecule has 0 bridgehead atoms. The van der Waals surface area contributed by atoms with Crippen LogP contribution in [-0.4, -0.2) is 41.2 Å². The highest BCUT2D eigenvalue weighted by Crippen LogP contribution is 2.33. The molecule has 1 aliphatic heterocycles. The molecule has 4 heteroatoms. The Morgan fingerprint density at radius 2 is 1.89 bits per heavy atom. The van der Waals surface area contributed by atoms with E-state index in [2.05, 4.69) is 4.90 Å². The standard InChI is InChI=1S/C15H25N3O/c1-5-12-13(16)18(11-8-6-7-9-11)10-15(2,3)14(19)17(12)4/h5,11,16H,6-10H2,1-4H3/b12-5+,16-13?. The maximum Gasteiger partial charge on any atom is 0.234 e. The molecule has 1 amide bonds. The van der Waals surface area contributed by atoms with Crippen LogP contribution < -0.4 is 0 Å². The third-order valence-corrected chi connectivity index (χ3v) is 4.38. The second kappa shape index (κ2) is 4.99. The molecule has 1 aliphatic carbocycles. The zero-order valence-electron chi connectivity index (χ0n) is 12.5. The number of hydrogen-bond acceptors (Lipinski definition) is 2. The molecule has 0 radical (unpaired) electrons. The summed E-state index contributed by atoms with van der Waals surface area (Å²) < 4.78 is 0. The zero-order valence-corrected chi connectivity index (χ0v) is 12.5. The largest absolute Gasteiger partial charge is 0.351 e. The number of rotatable bonds is 1. The van der Waals surface area contributed by atoms with E-state index in [0.717, 1.165) is 18.5 Å². The van der Waals surface area contributed by atoms with Gasteiger partial charge in [-0.1, -0.05) is 18.9 Å². The number of amides is 1. The third kappa shape index (κ3) is 2.40. The normalized spacial score (nSPS) is 27.3. The number of nitrogens with one attached hydrogen (secondary N) is 1. The van der Waals surface area contributed by atoms with Gasteiger partial charge in [-0.15, -0.1) is 0 Å². The van der Waals surface area contributed by atoms with Crippen LogP contribution in [0.25, 0.3) is 0 Å². The van der Waals surface area contributed by atoms with Crippen molar-refractivity contribution in [1.82, 2.24) is 9.80 Å². The van der Waals surface area contributed by atoms with E-state index >= 15 is 0 Å². The first-order chi connectivity index (χ1) is 8.88. The van der Waals surface area contributed by atoms with Crippen molar-refractivity contribution in [2.45, 2.75) is 52.5 Å². The summed E-state index contributed by atoms with van der Waals surface area (Å²) >= 11 is 0. The van der Waals surface area contributed by atoms with Crippen molar-refractivity contribution in [1.29, 1.82) is 5.41 Å². The second-order valence-electron chi connectivity index (χ2n) is 6.34. The lowest BCUT2D eigenvalue weighted by atomic mass is 9.91. The molecule has 2 rings (SSSR count). The van der Waals surface area contributed by atoms with Crippen LogP contribution in [0.2, 0.25) is 0 Å². The van der Waals surface area contributed by atoms with Gasteiger partial charge in [0.1, 0.15) is 5.84 Å². The number of likely N-dealkylation sites (N-methyl/N-ethyl adjacent to an activating group) is 1. The van der Waals surface area contributed by atoms with E-state index in [1.54, 1.807) is 11.9 Å². The number of carbonyl (C=O) groups is 1. The van der Waals surface area contributed by atoms with E-state index in [1.807, 2.05) is 26.8 Å². The van der Waals surface area contributed by atoms with Crippen LogP contribution in [0.1, 0.15) is 46.5 Å². The molecule has 2 aliphatic rings. The highest BCUT2D eigenvalue weighted by molar-refractivity contribution is 6.02. The molecule has 0 aromatic rings. The van der Waals surface area contributed by atoms with Crippen LogP contribution in [0.4, 0.5) is 0 Å². The fraction of sp³-hybridized carbons (Fsp3) is 0.733. The summed E-state index contributed by atoms with van der Waals surface area (Å²) in [5.41, 5.74) is 0.302. The predicted molar refractivity (Wildman–Crippen MR) is 77.0 cm³/mol. The predicted octanol–water partition coefficient (Wildman–Crippen LogP) is 2.61. The Morgan fingerprint density at radius 3 is 2.42 bits per heavy atom. The lowest BCUT2D eigenvalue weighted by Gasteiger charge is -2.33. The zero-order chi connectivity index (χ0) is 14.2. The number of nitrogens with zero attached hydrogens (tertiary/aromatic N) is 2. The molecule has 0 spiro atoms. The first-order valence-corrected chi connectivity index (χ1v) is 7.18. The Morgan fingerprint density at radius 1 is 1.32 bits per heavy atom. The smallest absolute Gasteiger partial charge is 0.234 e. The molecule has 1 saturated heterocycles. The van der Waals surface area contributed by atoms with Crippen molar-refractivity contribution in [3.63, 3.8) is 0 Å². The molecular weight excluding hydrogens is 238 g/mol. The first-order valence-electron chi connectivity index (χ1n) is 7.18. The van der Waals surface area contributed by atoms with Gasteiger partial charge < -0.3 is 9.80 Å². The molecule has 0 atom stereocenters. The second-order valence-corrected chi connectivity index (χ2v) is 6.34. The molecule has 2 fully saturated rings. The van der Waals surface area contributed by atoms with Gasteiger partial charge >= 0.3 is 0 Å². The summed E-state index contributed by atoms with van der Waals surface area (Å²) in [6.45, 7) is 6.52. The summed E-state index contributed by atoms with van der Waals surface area (Å²) in [5, 5.41) is 8.47. The van der Waals surface area contributed by atoms with Crippen LogP contribution in [0.5, 0.6) is 0 Å². The van der Waals surface area contributed by atoms with Crippen molar-refractivity contribution < 1.29 is 4.79 Å². The van der Waals surface area contributed by atoms with Crippen LogP contribution in [0.3, 0.4) is 0 Å². The van der Waals surface area contributed by atoms with E-state index in [4.69, 9.17) is 5.41 Å². The third-order valence-electron chi connectivity index (χ3n) is 4.38. The Hall–Kier alpha value is -1.32. The van der Waals surface area contributed by atoms with E-state index in [9.17, 15) is 4.79 Å². The van der Waals surface area contributed by atoms with Crippen LogP contribution in [0.15, 0.2) is 11.8 Å². The van der Waals surface area contributed by atoms with Gasteiger partial charge in [0.2, 0.25) is 5.91 Å². The average Bonchev–Trinajstić information content (AvgIpc) is 2.86. The molecule has 1 N–H and O–H groups in total.